The van der Waals surface area contributed by atoms with Crippen LogP contribution < -0.4 is 10.6 Å². The highest BCUT2D eigenvalue weighted by Crippen LogP contribution is 2.20. The van der Waals surface area contributed by atoms with Crippen molar-refractivity contribution in [1.29, 1.82) is 5.41 Å². The number of piperidine rings is 1. The van der Waals surface area contributed by atoms with Crippen molar-refractivity contribution in [3.63, 3.8) is 0 Å². The summed E-state index contributed by atoms with van der Waals surface area (Å²) in [6, 6.07) is 3.79. The molecule has 0 bridgehead atoms. The fourth-order valence-corrected chi connectivity index (χ4v) is 2.51. The number of nitrogens with zero attached hydrogens (tertiary/aromatic N) is 3. The van der Waals surface area contributed by atoms with Crippen LogP contribution >= 0.6 is 0 Å². The number of likely N-dealkylation sites (tertiary alicyclic amines) is 1. The summed E-state index contributed by atoms with van der Waals surface area (Å²) in [5, 5.41) is 7.33. The Morgan fingerprint density at radius 3 is 2.68 bits per heavy atom. The van der Waals surface area contributed by atoms with Crippen molar-refractivity contribution < 1.29 is 0 Å². The number of rotatable bonds is 4. The average molecular weight is 261 g/mol. The summed E-state index contributed by atoms with van der Waals surface area (Å²) in [5.41, 5.74) is 7.03. The predicted molar refractivity (Wildman–Crippen MR) is 78.7 cm³/mol. The second-order valence-corrected chi connectivity index (χ2v) is 5.44. The van der Waals surface area contributed by atoms with E-state index >= 15 is 0 Å². The summed E-state index contributed by atoms with van der Waals surface area (Å²) < 4.78 is 0. The number of hydrogen-bond donors (Lipinski definition) is 2. The van der Waals surface area contributed by atoms with Crippen LogP contribution in [0.1, 0.15) is 18.5 Å². The van der Waals surface area contributed by atoms with Crippen LogP contribution in [0.3, 0.4) is 0 Å². The zero-order valence-electron chi connectivity index (χ0n) is 11.8. The summed E-state index contributed by atoms with van der Waals surface area (Å²) in [6.45, 7) is 3.45. The first kappa shape index (κ1) is 13.8. The quantitative estimate of drug-likeness (QED) is 0.630. The van der Waals surface area contributed by atoms with E-state index in [4.69, 9.17) is 11.1 Å². The molecule has 0 radical (unpaired) electrons. The molecular formula is C14H23N5. The molecule has 1 saturated heterocycles. The molecule has 0 unspecified atom stereocenters. The molecule has 104 valence electrons. The van der Waals surface area contributed by atoms with Gasteiger partial charge in [0.05, 0.1) is 11.9 Å². The molecule has 1 aromatic rings. The number of amidine groups is 1. The number of nitrogens with two attached hydrogens (primary N) is 1. The van der Waals surface area contributed by atoms with Crippen LogP contribution in [-0.2, 0) is 0 Å². The van der Waals surface area contributed by atoms with E-state index in [1.54, 1.807) is 6.20 Å². The SMILES string of the molecule is CN1CCC(CN(C)c2ccc(C(=N)N)nc2)CC1. The third kappa shape index (κ3) is 3.67. The average Bonchev–Trinajstić information content (AvgIpc) is 2.41. The summed E-state index contributed by atoms with van der Waals surface area (Å²) in [4.78, 5) is 8.84. The van der Waals surface area contributed by atoms with Crippen molar-refractivity contribution in [3.8, 4) is 0 Å². The van der Waals surface area contributed by atoms with E-state index < -0.39 is 0 Å². The number of aromatic nitrogens is 1. The number of nitrogens with one attached hydrogen (secondary N) is 1. The van der Waals surface area contributed by atoms with Crippen LogP contribution in [0, 0.1) is 11.3 Å². The van der Waals surface area contributed by atoms with Gasteiger partial charge in [0.15, 0.2) is 0 Å². The fraction of sp³-hybridized carbons (Fsp3) is 0.571. The molecule has 5 heteroatoms. The number of pyridine rings is 1. The maximum atomic E-state index is 7.33. The minimum Gasteiger partial charge on any atom is -0.382 e. The van der Waals surface area contributed by atoms with Gasteiger partial charge in [-0.2, -0.15) is 0 Å². The van der Waals surface area contributed by atoms with Crippen molar-refractivity contribution in [2.45, 2.75) is 12.8 Å². The molecule has 1 fully saturated rings. The zero-order chi connectivity index (χ0) is 13.8. The van der Waals surface area contributed by atoms with Crippen molar-refractivity contribution in [2.75, 3.05) is 38.6 Å². The molecule has 1 aliphatic rings. The number of anilines is 1. The maximum Gasteiger partial charge on any atom is 0.141 e. The minimum atomic E-state index is 0.0181. The lowest BCUT2D eigenvalue weighted by Crippen LogP contribution is -2.35. The lowest BCUT2D eigenvalue weighted by atomic mass is 9.96. The van der Waals surface area contributed by atoms with Gasteiger partial charge in [-0.1, -0.05) is 0 Å². The summed E-state index contributed by atoms with van der Waals surface area (Å²) in [7, 11) is 4.28. The van der Waals surface area contributed by atoms with E-state index in [1.165, 1.54) is 25.9 Å². The Kier molecular flexibility index (Phi) is 4.37. The largest absolute Gasteiger partial charge is 0.382 e. The van der Waals surface area contributed by atoms with Crippen LogP contribution in [0.2, 0.25) is 0 Å². The maximum absolute atomic E-state index is 7.33. The summed E-state index contributed by atoms with van der Waals surface area (Å²) in [5.74, 6) is 0.776. The monoisotopic (exact) mass is 261 g/mol. The molecule has 2 rings (SSSR count). The molecule has 1 aliphatic heterocycles. The molecule has 2 heterocycles. The molecular weight excluding hydrogens is 238 g/mol. The van der Waals surface area contributed by atoms with Crippen LogP contribution in [-0.4, -0.2) is 49.4 Å². The van der Waals surface area contributed by atoms with Gasteiger partial charge in [0.25, 0.3) is 0 Å². The van der Waals surface area contributed by atoms with Crippen LogP contribution in [0.15, 0.2) is 18.3 Å². The Labute approximate surface area is 114 Å². The second-order valence-electron chi connectivity index (χ2n) is 5.44. The number of hydrogen-bond acceptors (Lipinski definition) is 4. The van der Waals surface area contributed by atoms with Gasteiger partial charge in [0, 0.05) is 13.6 Å². The van der Waals surface area contributed by atoms with Crippen molar-refractivity contribution in [3.05, 3.63) is 24.0 Å². The van der Waals surface area contributed by atoms with Crippen molar-refractivity contribution in [2.24, 2.45) is 11.7 Å². The summed E-state index contributed by atoms with van der Waals surface area (Å²) in [6.07, 6.45) is 4.32. The van der Waals surface area contributed by atoms with Gasteiger partial charge in [-0.25, -0.2) is 0 Å². The van der Waals surface area contributed by atoms with Gasteiger partial charge < -0.3 is 15.5 Å². The first-order valence-corrected chi connectivity index (χ1v) is 6.76. The van der Waals surface area contributed by atoms with Gasteiger partial charge in [-0.3, -0.25) is 10.4 Å². The molecule has 1 aromatic heterocycles. The first-order valence-electron chi connectivity index (χ1n) is 6.76. The Morgan fingerprint density at radius 1 is 1.47 bits per heavy atom. The minimum absolute atomic E-state index is 0.0181. The highest BCUT2D eigenvalue weighted by atomic mass is 15.1. The molecule has 0 aliphatic carbocycles. The predicted octanol–water partition coefficient (Wildman–Crippen LogP) is 1.14. The Hall–Kier alpha value is -1.62. The number of nitrogen functional groups attached to an aromatic ring is 1. The Morgan fingerprint density at radius 2 is 2.16 bits per heavy atom. The van der Waals surface area contributed by atoms with E-state index in [0.29, 0.717) is 5.69 Å². The molecule has 19 heavy (non-hydrogen) atoms. The molecule has 0 saturated carbocycles. The van der Waals surface area contributed by atoms with Gasteiger partial charge >= 0.3 is 0 Å². The third-order valence-corrected chi connectivity index (χ3v) is 3.83. The van der Waals surface area contributed by atoms with E-state index in [0.717, 1.165) is 18.2 Å². The van der Waals surface area contributed by atoms with Crippen LogP contribution in [0.5, 0.6) is 0 Å². The van der Waals surface area contributed by atoms with Gasteiger partial charge in [0.2, 0.25) is 0 Å². The summed E-state index contributed by atoms with van der Waals surface area (Å²) >= 11 is 0. The van der Waals surface area contributed by atoms with E-state index in [9.17, 15) is 0 Å². The van der Waals surface area contributed by atoms with Gasteiger partial charge in [-0.05, 0) is 51.0 Å². The standard InChI is InChI=1S/C14H23N5/c1-18-7-5-11(6-8-18)10-19(2)12-3-4-13(14(15)16)17-9-12/h3-4,9,11H,5-8,10H2,1-2H3,(H3,15,16). The van der Waals surface area contributed by atoms with E-state index in [-0.39, 0.29) is 5.84 Å². The van der Waals surface area contributed by atoms with E-state index in [2.05, 4.69) is 28.9 Å². The second kappa shape index (κ2) is 6.02. The van der Waals surface area contributed by atoms with Crippen molar-refractivity contribution >= 4 is 11.5 Å². The normalized spacial score (nSPS) is 17.4. The van der Waals surface area contributed by atoms with Crippen LogP contribution in [0.25, 0.3) is 0 Å². The highest BCUT2D eigenvalue weighted by molar-refractivity contribution is 5.93. The molecule has 0 atom stereocenters. The first-order chi connectivity index (χ1) is 9.06. The Balaban J connectivity index is 1.92. The molecule has 0 aromatic carbocycles. The smallest absolute Gasteiger partial charge is 0.141 e. The van der Waals surface area contributed by atoms with Crippen LogP contribution in [0.4, 0.5) is 5.69 Å². The van der Waals surface area contributed by atoms with Crippen molar-refractivity contribution in [1.82, 2.24) is 9.88 Å². The molecule has 3 N–H and O–H groups in total. The van der Waals surface area contributed by atoms with E-state index in [1.807, 2.05) is 12.1 Å². The van der Waals surface area contributed by atoms with Gasteiger partial charge in [-0.15, -0.1) is 0 Å². The highest BCUT2D eigenvalue weighted by Gasteiger charge is 2.18. The zero-order valence-corrected chi connectivity index (χ0v) is 11.8. The topological polar surface area (TPSA) is 69.2 Å². The molecule has 0 amide bonds. The lowest BCUT2D eigenvalue weighted by Gasteiger charge is -2.32. The lowest BCUT2D eigenvalue weighted by molar-refractivity contribution is 0.222. The van der Waals surface area contributed by atoms with Gasteiger partial charge in [0.1, 0.15) is 11.5 Å². The Bertz CT molecular complexity index is 420. The molecule has 0 spiro atoms. The third-order valence-electron chi connectivity index (χ3n) is 3.83. The fourth-order valence-electron chi connectivity index (χ4n) is 2.51. The molecule has 5 nitrogen and oxygen atoms in total.